The summed E-state index contributed by atoms with van der Waals surface area (Å²) in [7, 11) is 0. The number of nitriles is 1. The number of Topliss-reactive ketones (excluding diaryl/α,β-unsaturated/α-hetero) is 1. The molecule has 0 spiro atoms. The number of benzene rings is 3. The topological polar surface area (TPSA) is 88.8 Å². The van der Waals surface area contributed by atoms with Gasteiger partial charge in [-0.1, -0.05) is 54.6 Å². The summed E-state index contributed by atoms with van der Waals surface area (Å²) in [4.78, 5) is 12.6. The van der Waals surface area contributed by atoms with Crippen LogP contribution in [-0.2, 0) is 9.47 Å². The first kappa shape index (κ1) is 26.6. The van der Waals surface area contributed by atoms with Crippen LogP contribution in [0, 0.1) is 11.3 Å². The Morgan fingerprint density at radius 2 is 1.74 bits per heavy atom. The third kappa shape index (κ3) is 6.21. The molecule has 7 heteroatoms. The summed E-state index contributed by atoms with van der Waals surface area (Å²) >= 11 is 1.29. The van der Waals surface area contributed by atoms with Crippen molar-refractivity contribution in [1.82, 2.24) is 0 Å². The second-order valence-corrected chi connectivity index (χ2v) is 10.4. The number of hydrogen-bond donors (Lipinski definition) is 1. The average molecular weight is 540 g/mol. The van der Waals surface area contributed by atoms with Crippen molar-refractivity contribution in [3.63, 3.8) is 0 Å². The van der Waals surface area contributed by atoms with Crippen LogP contribution in [0.1, 0.15) is 75.9 Å². The fourth-order valence-electron chi connectivity index (χ4n) is 4.65. The molecule has 3 unspecified atom stereocenters. The molecule has 2 heterocycles. The van der Waals surface area contributed by atoms with Gasteiger partial charge in [0.05, 0.1) is 22.1 Å². The molecule has 5 rings (SSSR count). The Labute approximate surface area is 232 Å². The number of rotatable bonds is 9. The molecule has 6 nitrogen and oxygen atoms in total. The highest BCUT2D eigenvalue weighted by atomic mass is 32.1. The summed E-state index contributed by atoms with van der Waals surface area (Å²) < 4.78 is 18.7. The molecule has 0 radical (unpaired) electrons. The molecule has 0 saturated carbocycles. The molecule has 1 aliphatic rings. The van der Waals surface area contributed by atoms with E-state index in [9.17, 15) is 15.2 Å². The van der Waals surface area contributed by atoms with Crippen molar-refractivity contribution < 1.29 is 24.1 Å². The smallest absolute Gasteiger partial charge is 0.164 e. The molecular weight excluding hydrogens is 510 g/mol. The molecule has 1 aromatic heterocycles. The van der Waals surface area contributed by atoms with Crippen molar-refractivity contribution in [2.45, 2.75) is 44.7 Å². The number of aromatic hydroxyl groups is 1. The second kappa shape index (κ2) is 12.3. The van der Waals surface area contributed by atoms with E-state index in [0.717, 1.165) is 36.0 Å². The van der Waals surface area contributed by atoms with E-state index in [1.54, 1.807) is 11.4 Å². The van der Waals surface area contributed by atoms with Gasteiger partial charge in [0.2, 0.25) is 0 Å². The van der Waals surface area contributed by atoms with Crippen LogP contribution >= 0.6 is 11.3 Å². The van der Waals surface area contributed by atoms with Crippen LogP contribution in [0.4, 0.5) is 0 Å². The van der Waals surface area contributed by atoms with Crippen LogP contribution in [0.3, 0.4) is 0 Å². The average Bonchev–Trinajstić information content (AvgIpc) is 3.37. The molecule has 0 aliphatic carbocycles. The molecule has 0 amide bonds. The third-order valence-electron chi connectivity index (χ3n) is 6.69. The maximum absolute atomic E-state index is 12.0. The third-order valence-corrected chi connectivity index (χ3v) is 7.71. The van der Waals surface area contributed by atoms with Crippen LogP contribution in [0.25, 0.3) is 0 Å². The predicted octanol–water partition coefficient (Wildman–Crippen LogP) is 7.33. The maximum Gasteiger partial charge on any atom is 0.164 e. The molecule has 3 aromatic carbocycles. The Kier molecular flexibility index (Phi) is 8.38. The highest BCUT2D eigenvalue weighted by Gasteiger charge is 2.27. The standard InChI is InChI=1S/C32H29NO5S/c1-21(34)27-20-39-32(29(27)35)31(37-26-10-3-2-4-11-26)24-15-13-23(14-16-24)30(38-28-12-5-6-17-36-28)25-9-7-8-22(18-25)19-33/h2-4,7-11,13-16,18,20,28,30-31,35H,5-6,12,17H2,1H3. The lowest BCUT2D eigenvalue weighted by Gasteiger charge is -2.28. The fourth-order valence-corrected chi connectivity index (χ4v) is 5.70. The fraction of sp³-hybridized carbons (Fsp3) is 0.250. The number of thiophene rings is 1. The Hall–Kier alpha value is -3.96. The van der Waals surface area contributed by atoms with Gasteiger partial charge < -0.3 is 19.3 Å². The minimum Gasteiger partial charge on any atom is -0.506 e. The minimum absolute atomic E-state index is 0.0542. The molecule has 3 atom stereocenters. The number of para-hydroxylation sites is 1. The molecule has 0 bridgehead atoms. The number of hydrogen-bond acceptors (Lipinski definition) is 7. The maximum atomic E-state index is 12.0. The van der Waals surface area contributed by atoms with Crippen LogP contribution in [-0.4, -0.2) is 23.8 Å². The summed E-state index contributed by atoms with van der Waals surface area (Å²) in [5.74, 6) is 0.391. The highest BCUT2D eigenvalue weighted by Crippen LogP contribution is 2.41. The van der Waals surface area contributed by atoms with E-state index in [0.29, 0.717) is 22.8 Å². The van der Waals surface area contributed by atoms with Crippen LogP contribution in [0.15, 0.2) is 84.2 Å². The Morgan fingerprint density at radius 1 is 1.00 bits per heavy atom. The zero-order valence-corrected chi connectivity index (χ0v) is 22.4. The normalized spacial score (nSPS) is 16.7. The summed E-state index contributed by atoms with van der Waals surface area (Å²) in [6.07, 6.45) is 1.50. The van der Waals surface area contributed by atoms with Gasteiger partial charge in [-0.25, -0.2) is 0 Å². The van der Waals surface area contributed by atoms with Crippen molar-refractivity contribution >= 4 is 17.1 Å². The van der Waals surface area contributed by atoms with Crippen LogP contribution in [0.5, 0.6) is 11.5 Å². The van der Waals surface area contributed by atoms with E-state index in [1.807, 2.05) is 72.8 Å². The van der Waals surface area contributed by atoms with E-state index in [-0.39, 0.29) is 23.4 Å². The Morgan fingerprint density at radius 3 is 2.38 bits per heavy atom. The minimum atomic E-state index is -0.623. The van der Waals surface area contributed by atoms with Gasteiger partial charge in [0, 0.05) is 12.0 Å². The van der Waals surface area contributed by atoms with Crippen molar-refractivity contribution in [3.8, 4) is 17.6 Å². The largest absolute Gasteiger partial charge is 0.506 e. The van der Waals surface area contributed by atoms with Gasteiger partial charge >= 0.3 is 0 Å². The first-order chi connectivity index (χ1) is 19.0. The van der Waals surface area contributed by atoms with E-state index >= 15 is 0 Å². The second-order valence-electron chi connectivity index (χ2n) is 9.45. The Balaban J connectivity index is 1.50. The van der Waals surface area contributed by atoms with E-state index in [4.69, 9.17) is 14.2 Å². The Bertz CT molecular complexity index is 1450. The van der Waals surface area contributed by atoms with Gasteiger partial charge in [-0.15, -0.1) is 11.3 Å². The first-order valence-electron chi connectivity index (χ1n) is 12.9. The number of nitrogens with zero attached hydrogens (tertiary/aromatic N) is 1. The molecule has 1 fully saturated rings. The molecule has 4 aromatic rings. The van der Waals surface area contributed by atoms with Crippen molar-refractivity contribution in [1.29, 1.82) is 5.26 Å². The summed E-state index contributed by atoms with van der Waals surface area (Å²) in [6, 6.07) is 26.9. The summed E-state index contributed by atoms with van der Waals surface area (Å²) in [5, 5.41) is 22.0. The summed E-state index contributed by atoms with van der Waals surface area (Å²) in [6.45, 7) is 2.10. The summed E-state index contributed by atoms with van der Waals surface area (Å²) in [5.41, 5.74) is 3.43. The number of ketones is 1. The van der Waals surface area contributed by atoms with E-state index < -0.39 is 12.2 Å². The molecular formula is C32H29NO5S. The van der Waals surface area contributed by atoms with Gasteiger partial charge in [0.25, 0.3) is 0 Å². The first-order valence-corrected chi connectivity index (χ1v) is 13.8. The molecule has 1 N–H and O–H groups in total. The lowest BCUT2D eigenvalue weighted by Crippen LogP contribution is -2.25. The lowest BCUT2D eigenvalue weighted by molar-refractivity contribution is -0.181. The number of carbonyl (C=O) groups is 1. The van der Waals surface area contributed by atoms with Gasteiger partial charge in [0.1, 0.15) is 17.6 Å². The van der Waals surface area contributed by atoms with Crippen molar-refractivity contribution in [2.75, 3.05) is 6.61 Å². The van der Waals surface area contributed by atoms with E-state index in [1.165, 1.54) is 18.3 Å². The molecule has 1 saturated heterocycles. The quantitative estimate of drug-likeness (QED) is 0.224. The van der Waals surface area contributed by atoms with Gasteiger partial charge in [-0.3, -0.25) is 4.79 Å². The van der Waals surface area contributed by atoms with Gasteiger partial charge in [-0.05, 0) is 67.1 Å². The van der Waals surface area contributed by atoms with Crippen molar-refractivity contribution in [2.24, 2.45) is 0 Å². The van der Waals surface area contributed by atoms with Crippen LogP contribution < -0.4 is 4.74 Å². The zero-order chi connectivity index (χ0) is 27.2. The number of carbonyl (C=O) groups excluding carboxylic acids is 1. The molecule has 1 aliphatic heterocycles. The predicted molar refractivity (Wildman–Crippen MR) is 149 cm³/mol. The van der Waals surface area contributed by atoms with Crippen LogP contribution in [0.2, 0.25) is 0 Å². The van der Waals surface area contributed by atoms with Gasteiger partial charge in [0.15, 0.2) is 18.2 Å². The SMILES string of the molecule is CC(=O)c1csc(C(Oc2ccccc2)c2ccc(C(OC3CCCCO3)c3cccc(C#N)c3)cc2)c1O. The number of ether oxygens (including phenoxy) is 3. The van der Waals surface area contributed by atoms with Gasteiger partial charge in [-0.2, -0.15) is 5.26 Å². The molecule has 39 heavy (non-hydrogen) atoms. The van der Waals surface area contributed by atoms with Crippen molar-refractivity contribution in [3.05, 3.63) is 117 Å². The highest BCUT2D eigenvalue weighted by molar-refractivity contribution is 7.10. The monoisotopic (exact) mass is 539 g/mol. The molecule has 198 valence electrons. The van der Waals surface area contributed by atoms with E-state index in [2.05, 4.69) is 6.07 Å². The lowest BCUT2D eigenvalue weighted by atomic mass is 9.97. The zero-order valence-electron chi connectivity index (χ0n) is 21.6.